The summed E-state index contributed by atoms with van der Waals surface area (Å²) in [5.41, 5.74) is 2.02. The number of alkyl halides is 3. The lowest BCUT2D eigenvalue weighted by Crippen LogP contribution is -2.34. The highest BCUT2D eigenvalue weighted by molar-refractivity contribution is 5.95. The number of benzene rings is 2. The van der Waals surface area contributed by atoms with Gasteiger partial charge >= 0.3 is 6.18 Å². The van der Waals surface area contributed by atoms with Crippen LogP contribution >= 0.6 is 0 Å². The van der Waals surface area contributed by atoms with Crippen LogP contribution in [0.1, 0.15) is 27.0 Å². The van der Waals surface area contributed by atoms with E-state index in [1.54, 1.807) is 5.32 Å². The third-order valence-corrected chi connectivity index (χ3v) is 4.11. The highest BCUT2D eigenvalue weighted by Crippen LogP contribution is 2.21. The molecule has 0 fully saturated rings. The van der Waals surface area contributed by atoms with Gasteiger partial charge in [-0.1, -0.05) is 29.8 Å². The minimum Gasteiger partial charge on any atom is -0.376 e. The van der Waals surface area contributed by atoms with Crippen LogP contribution in [-0.4, -0.2) is 31.1 Å². The minimum atomic E-state index is -4.57. The van der Waals surface area contributed by atoms with Crippen LogP contribution in [-0.2, 0) is 11.3 Å². The lowest BCUT2D eigenvalue weighted by molar-refractivity contribution is -0.123. The Kier molecular flexibility index (Phi) is 7.19. The maximum atomic E-state index is 14.1. The van der Waals surface area contributed by atoms with Crippen molar-refractivity contribution in [1.29, 1.82) is 0 Å². The Balaban J connectivity index is 1.96. The second kappa shape index (κ2) is 9.40. The predicted molar refractivity (Wildman–Crippen MR) is 101 cm³/mol. The molecule has 2 amide bonds. The molecule has 0 spiro atoms. The van der Waals surface area contributed by atoms with Crippen LogP contribution in [0, 0.1) is 19.7 Å². The van der Waals surface area contributed by atoms with Crippen molar-refractivity contribution in [1.82, 2.24) is 10.6 Å². The lowest BCUT2D eigenvalue weighted by atomic mass is 10.1. The SMILES string of the molecule is Cc1ccc(CNC(=O)CNc2cc(C(=O)NCC(F)(F)F)cc(F)c2C)cc1. The monoisotopic (exact) mass is 411 g/mol. The van der Waals surface area contributed by atoms with Crippen LogP contribution in [0.4, 0.5) is 23.2 Å². The molecule has 2 aromatic carbocycles. The number of carbonyl (C=O) groups excluding carboxylic acids is 2. The van der Waals surface area contributed by atoms with Crippen molar-refractivity contribution in [2.75, 3.05) is 18.4 Å². The zero-order chi connectivity index (χ0) is 21.6. The van der Waals surface area contributed by atoms with Gasteiger partial charge in [0.2, 0.25) is 5.91 Å². The molecule has 9 heteroatoms. The number of hydrogen-bond acceptors (Lipinski definition) is 3. The zero-order valence-electron chi connectivity index (χ0n) is 15.9. The third kappa shape index (κ3) is 7.10. The summed E-state index contributed by atoms with van der Waals surface area (Å²) >= 11 is 0. The molecular weight excluding hydrogens is 390 g/mol. The van der Waals surface area contributed by atoms with E-state index in [-0.39, 0.29) is 29.3 Å². The van der Waals surface area contributed by atoms with Crippen LogP contribution in [0.25, 0.3) is 0 Å². The second-order valence-electron chi connectivity index (χ2n) is 6.54. The van der Waals surface area contributed by atoms with E-state index in [0.717, 1.165) is 17.2 Å². The van der Waals surface area contributed by atoms with Gasteiger partial charge in [-0.15, -0.1) is 0 Å². The van der Waals surface area contributed by atoms with E-state index in [9.17, 15) is 27.2 Å². The zero-order valence-corrected chi connectivity index (χ0v) is 15.9. The van der Waals surface area contributed by atoms with Crippen LogP contribution in [0.3, 0.4) is 0 Å². The molecule has 0 aliphatic rings. The summed E-state index contributed by atoms with van der Waals surface area (Å²) in [6.07, 6.45) is -4.57. The van der Waals surface area contributed by atoms with Crippen LogP contribution in [0.15, 0.2) is 36.4 Å². The van der Waals surface area contributed by atoms with E-state index in [2.05, 4.69) is 10.6 Å². The first-order valence-electron chi connectivity index (χ1n) is 8.76. The Hall–Kier alpha value is -3.10. The molecule has 0 bridgehead atoms. The first-order chi connectivity index (χ1) is 13.5. The Labute approximate surface area is 165 Å². The Bertz CT molecular complexity index is 881. The number of aryl methyl sites for hydroxylation is 1. The van der Waals surface area contributed by atoms with Crippen molar-refractivity contribution in [2.45, 2.75) is 26.6 Å². The Morgan fingerprint density at radius 3 is 2.28 bits per heavy atom. The van der Waals surface area contributed by atoms with E-state index in [1.165, 1.54) is 13.0 Å². The second-order valence-corrected chi connectivity index (χ2v) is 6.54. The number of anilines is 1. The molecule has 0 aliphatic carbocycles. The first kappa shape index (κ1) is 22.2. The molecular formula is C20H21F4N3O2. The number of carbonyl (C=O) groups is 2. The van der Waals surface area contributed by atoms with E-state index >= 15 is 0 Å². The predicted octanol–water partition coefficient (Wildman–Crippen LogP) is 3.46. The Morgan fingerprint density at radius 2 is 1.66 bits per heavy atom. The van der Waals surface area contributed by atoms with E-state index < -0.39 is 24.4 Å². The van der Waals surface area contributed by atoms with Gasteiger partial charge in [0.25, 0.3) is 5.91 Å². The minimum absolute atomic E-state index is 0.142. The van der Waals surface area contributed by atoms with Gasteiger partial charge in [0.05, 0.1) is 6.54 Å². The molecule has 0 saturated carbocycles. The molecule has 0 heterocycles. The number of nitrogens with one attached hydrogen (secondary N) is 3. The number of hydrogen-bond donors (Lipinski definition) is 3. The molecule has 5 nitrogen and oxygen atoms in total. The smallest absolute Gasteiger partial charge is 0.376 e. The van der Waals surface area contributed by atoms with Crippen LogP contribution in [0.2, 0.25) is 0 Å². The summed E-state index contributed by atoms with van der Waals surface area (Å²) in [6.45, 7) is 1.98. The van der Waals surface area contributed by atoms with Crippen molar-refractivity contribution in [2.24, 2.45) is 0 Å². The molecule has 3 N–H and O–H groups in total. The average Bonchev–Trinajstić information content (AvgIpc) is 2.66. The number of rotatable bonds is 7. The fourth-order valence-electron chi connectivity index (χ4n) is 2.42. The number of halogens is 4. The molecule has 2 aromatic rings. The van der Waals surface area contributed by atoms with Crippen molar-refractivity contribution in [3.8, 4) is 0 Å². The quantitative estimate of drug-likeness (QED) is 0.611. The van der Waals surface area contributed by atoms with Gasteiger partial charge in [-0.05, 0) is 31.5 Å². The summed E-state index contributed by atoms with van der Waals surface area (Å²) in [7, 11) is 0. The van der Waals surface area contributed by atoms with Gasteiger partial charge in [-0.25, -0.2) is 4.39 Å². The topological polar surface area (TPSA) is 70.2 Å². The van der Waals surface area contributed by atoms with Crippen LogP contribution < -0.4 is 16.0 Å². The fraction of sp³-hybridized carbons (Fsp3) is 0.300. The molecule has 0 saturated heterocycles. The largest absolute Gasteiger partial charge is 0.405 e. The summed E-state index contributed by atoms with van der Waals surface area (Å²) in [5, 5.41) is 7.09. The van der Waals surface area contributed by atoms with Gasteiger partial charge < -0.3 is 16.0 Å². The summed E-state index contributed by atoms with van der Waals surface area (Å²) < 4.78 is 50.8. The van der Waals surface area contributed by atoms with Gasteiger partial charge in [0.1, 0.15) is 12.4 Å². The summed E-state index contributed by atoms with van der Waals surface area (Å²) in [4.78, 5) is 23.9. The number of amides is 2. The summed E-state index contributed by atoms with van der Waals surface area (Å²) in [5.74, 6) is -2.20. The lowest BCUT2D eigenvalue weighted by Gasteiger charge is -2.14. The van der Waals surface area contributed by atoms with Gasteiger partial charge in [-0.2, -0.15) is 13.2 Å². The maximum absolute atomic E-state index is 14.1. The van der Waals surface area contributed by atoms with E-state index in [0.29, 0.717) is 6.54 Å². The maximum Gasteiger partial charge on any atom is 0.405 e. The fourth-order valence-corrected chi connectivity index (χ4v) is 2.42. The third-order valence-electron chi connectivity index (χ3n) is 4.11. The Morgan fingerprint density at radius 1 is 1.00 bits per heavy atom. The molecule has 0 aliphatic heterocycles. The van der Waals surface area contributed by atoms with Crippen molar-refractivity contribution in [3.63, 3.8) is 0 Å². The molecule has 0 aromatic heterocycles. The first-order valence-corrected chi connectivity index (χ1v) is 8.76. The highest BCUT2D eigenvalue weighted by atomic mass is 19.4. The van der Waals surface area contributed by atoms with E-state index in [4.69, 9.17) is 0 Å². The van der Waals surface area contributed by atoms with Gasteiger partial charge in [-0.3, -0.25) is 9.59 Å². The average molecular weight is 411 g/mol. The van der Waals surface area contributed by atoms with Gasteiger partial charge in [0.15, 0.2) is 0 Å². The highest BCUT2D eigenvalue weighted by Gasteiger charge is 2.28. The normalized spacial score (nSPS) is 11.1. The molecule has 29 heavy (non-hydrogen) atoms. The molecule has 0 radical (unpaired) electrons. The molecule has 0 unspecified atom stereocenters. The molecule has 0 atom stereocenters. The van der Waals surface area contributed by atoms with Crippen LogP contribution in [0.5, 0.6) is 0 Å². The van der Waals surface area contributed by atoms with Crippen molar-refractivity contribution in [3.05, 3.63) is 64.5 Å². The summed E-state index contributed by atoms with van der Waals surface area (Å²) in [6, 6.07) is 9.65. The molecule has 2 rings (SSSR count). The standard InChI is InChI=1S/C20H21F4N3O2/c1-12-3-5-14(6-4-12)9-26-18(28)10-25-17-8-15(7-16(21)13(17)2)19(29)27-11-20(22,23)24/h3-8,25H,9-11H2,1-2H3,(H,26,28)(H,27,29). The van der Waals surface area contributed by atoms with Crippen molar-refractivity contribution >= 4 is 17.5 Å². The van der Waals surface area contributed by atoms with E-state index in [1.807, 2.05) is 31.2 Å². The van der Waals surface area contributed by atoms with Gasteiger partial charge in [0, 0.05) is 23.4 Å². The van der Waals surface area contributed by atoms with Crippen molar-refractivity contribution < 1.29 is 27.2 Å². The molecule has 156 valence electrons.